The van der Waals surface area contributed by atoms with Crippen LogP contribution in [0.5, 0.6) is 0 Å². The van der Waals surface area contributed by atoms with Crippen molar-refractivity contribution in [2.24, 2.45) is 0 Å². The predicted molar refractivity (Wildman–Crippen MR) is 110 cm³/mol. The molecule has 0 N–H and O–H groups in total. The molecular formula is C23H20F3NO2S. The second kappa shape index (κ2) is 7.95. The van der Waals surface area contributed by atoms with E-state index < -0.39 is 11.7 Å². The van der Waals surface area contributed by atoms with E-state index in [9.17, 15) is 22.8 Å². The molecule has 0 saturated carbocycles. The third-order valence-corrected chi connectivity index (χ3v) is 6.37. The molecule has 2 aromatic rings. The molecule has 30 heavy (non-hydrogen) atoms. The Kier molecular flexibility index (Phi) is 5.49. The monoisotopic (exact) mass is 431 g/mol. The topological polar surface area (TPSA) is 37.4 Å². The number of halogens is 3. The fourth-order valence-electron chi connectivity index (χ4n) is 4.23. The first kappa shape index (κ1) is 20.7. The molecule has 0 radical (unpaired) electrons. The normalized spacial score (nSPS) is 19.9. The van der Waals surface area contributed by atoms with Crippen LogP contribution in [0.2, 0.25) is 0 Å². The summed E-state index contributed by atoms with van der Waals surface area (Å²) in [7, 11) is 0. The second-order valence-corrected chi connectivity index (χ2v) is 8.32. The van der Waals surface area contributed by atoms with Gasteiger partial charge < -0.3 is 0 Å². The third-order valence-electron chi connectivity index (χ3n) is 5.63. The van der Waals surface area contributed by atoms with E-state index in [0.29, 0.717) is 30.5 Å². The fraction of sp³-hybridized carbons (Fsp3) is 0.304. The maximum absolute atomic E-state index is 13.2. The number of anilines is 1. The number of ketones is 1. The average Bonchev–Trinajstić information content (AvgIpc) is 2.73. The Hall–Kier alpha value is -2.54. The van der Waals surface area contributed by atoms with E-state index in [4.69, 9.17) is 0 Å². The Bertz CT molecular complexity index is 1030. The van der Waals surface area contributed by atoms with Gasteiger partial charge in [0.15, 0.2) is 5.78 Å². The zero-order valence-electron chi connectivity index (χ0n) is 16.3. The van der Waals surface area contributed by atoms with Gasteiger partial charge in [-0.25, -0.2) is 0 Å². The first-order chi connectivity index (χ1) is 14.3. The van der Waals surface area contributed by atoms with Crippen LogP contribution in [0.25, 0.3) is 0 Å². The van der Waals surface area contributed by atoms with Crippen molar-refractivity contribution in [2.75, 3.05) is 11.2 Å². The molecule has 0 fully saturated rings. The zero-order valence-corrected chi connectivity index (χ0v) is 17.1. The number of carbonyl (C=O) groups excluding carboxylic acids is 2. The Morgan fingerprint density at radius 1 is 1.03 bits per heavy atom. The van der Waals surface area contributed by atoms with Gasteiger partial charge in [0.2, 0.25) is 5.91 Å². The molecular weight excluding hydrogens is 411 g/mol. The average molecular weight is 431 g/mol. The van der Waals surface area contributed by atoms with Gasteiger partial charge >= 0.3 is 6.18 Å². The fourth-order valence-corrected chi connectivity index (χ4v) is 4.64. The van der Waals surface area contributed by atoms with Gasteiger partial charge in [0, 0.05) is 40.6 Å². The van der Waals surface area contributed by atoms with Gasteiger partial charge in [-0.1, -0.05) is 18.2 Å². The van der Waals surface area contributed by atoms with Crippen LogP contribution in [-0.2, 0) is 15.8 Å². The van der Waals surface area contributed by atoms with Crippen LogP contribution in [0.15, 0.2) is 64.7 Å². The molecule has 0 bridgehead atoms. The largest absolute Gasteiger partial charge is 0.416 e. The Labute approximate surface area is 177 Å². The van der Waals surface area contributed by atoms with Gasteiger partial charge in [-0.3, -0.25) is 14.5 Å². The summed E-state index contributed by atoms with van der Waals surface area (Å²) in [6, 6.07) is 12.5. The lowest BCUT2D eigenvalue weighted by Gasteiger charge is -2.38. The summed E-state index contributed by atoms with van der Waals surface area (Å²) in [6.07, 6.45) is -1.02. The van der Waals surface area contributed by atoms with Crippen LogP contribution in [-0.4, -0.2) is 17.9 Å². The predicted octanol–water partition coefficient (Wildman–Crippen LogP) is 5.95. The molecule has 1 atom stereocenters. The Balaban J connectivity index is 1.81. The maximum Gasteiger partial charge on any atom is 0.416 e. The van der Waals surface area contributed by atoms with Gasteiger partial charge in [-0.2, -0.15) is 13.2 Å². The van der Waals surface area contributed by atoms with Crippen molar-refractivity contribution in [1.29, 1.82) is 0 Å². The number of Topliss-reactive ketones (excluding diaryl/α,β-unsaturated/α-hetero) is 1. The minimum absolute atomic E-state index is 0.0281. The molecule has 2 aromatic carbocycles. The zero-order chi connectivity index (χ0) is 21.5. The van der Waals surface area contributed by atoms with E-state index >= 15 is 0 Å². The first-order valence-electron chi connectivity index (χ1n) is 9.70. The van der Waals surface area contributed by atoms with Crippen LogP contribution < -0.4 is 4.90 Å². The number of allylic oxidation sites excluding steroid dienone is 2. The quantitative estimate of drug-likeness (QED) is 0.563. The molecule has 1 aliphatic heterocycles. The van der Waals surface area contributed by atoms with Crippen molar-refractivity contribution in [3.63, 3.8) is 0 Å². The summed E-state index contributed by atoms with van der Waals surface area (Å²) in [6.45, 7) is 0. The van der Waals surface area contributed by atoms with Crippen molar-refractivity contribution >= 4 is 29.1 Å². The number of rotatable bonds is 3. The molecule has 1 aliphatic carbocycles. The van der Waals surface area contributed by atoms with Crippen LogP contribution in [0.1, 0.15) is 42.7 Å². The van der Waals surface area contributed by atoms with Gasteiger partial charge in [-0.05, 0) is 55.0 Å². The molecule has 156 valence electrons. The van der Waals surface area contributed by atoms with E-state index in [1.54, 1.807) is 11.8 Å². The lowest BCUT2D eigenvalue weighted by atomic mass is 9.77. The van der Waals surface area contributed by atoms with Gasteiger partial charge in [0.1, 0.15) is 0 Å². The van der Waals surface area contributed by atoms with E-state index in [1.165, 1.54) is 17.0 Å². The van der Waals surface area contributed by atoms with E-state index in [1.807, 2.05) is 30.5 Å². The smallest absolute Gasteiger partial charge is 0.294 e. The molecule has 0 saturated heterocycles. The Morgan fingerprint density at radius 3 is 2.43 bits per heavy atom. The SMILES string of the molecule is CSc1ccc(C2CC(=O)N(c3cccc(C(F)(F)F)c3)C3=C2C(=O)CCC3)cc1. The van der Waals surface area contributed by atoms with E-state index in [-0.39, 0.29) is 29.7 Å². The van der Waals surface area contributed by atoms with Gasteiger partial charge in [0.05, 0.1) is 5.56 Å². The highest BCUT2D eigenvalue weighted by atomic mass is 32.2. The summed E-state index contributed by atoms with van der Waals surface area (Å²) in [4.78, 5) is 28.4. The van der Waals surface area contributed by atoms with Gasteiger partial charge in [0.25, 0.3) is 0 Å². The Morgan fingerprint density at radius 2 is 1.77 bits per heavy atom. The minimum Gasteiger partial charge on any atom is -0.294 e. The van der Waals surface area contributed by atoms with Crippen LogP contribution in [0.3, 0.4) is 0 Å². The van der Waals surface area contributed by atoms with Crippen molar-refractivity contribution in [3.05, 3.63) is 70.9 Å². The van der Waals surface area contributed by atoms with Gasteiger partial charge in [-0.15, -0.1) is 11.8 Å². The van der Waals surface area contributed by atoms with E-state index in [0.717, 1.165) is 22.6 Å². The summed E-state index contributed by atoms with van der Waals surface area (Å²) in [5.41, 5.74) is 1.34. The highest BCUT2D eigenvalue weighted by Gasteiger charge is 2.40. The highest BCUT2D eigenvalue weighted by Crippen LogP contribution is 2.44. The number of nitrogens with zero attached hydrogens (tertiary/aromatic N) is 1. The number of hydrogen-bond acceptors (Lipinski definition) is 3. The van der Waals surface area contributed by atoms with E-state index in [2.05, 4.69) is 0 Å². The van der Waals surface area contributed by atoms with Crippen molar-refractivity contribution < 1.29 is 22.8 Å². The molecule has 3 nitrogen and oxygen atoms in total. The van der Waals surface area contributed by atoms with Crippen LogP contribution in [0, 0.1) is 0 Å². The summed E-state index contributed by atoms with van der Waals surface area (Å²) in [5.74, 6) is -0.681. The van der Waals surface area contributed by atoms with Crippen molar-refractivity contribution in [2.45, 2.75) is 42.7 Å². The number of carbonyl (C=O) groups is 2. The first-order valence-corrected chi connectivity index (χ1v) is 10.9. The minimum atomic E-state index is -4.50. The number of hydrogen-bond donors (Lipinski definition) is 0. The lowest BCUT2D eigenvalue weighted by molar-refractivity contribution is -0.137. The molecule has 7 heteroatoms. The third kappa shape index (κ3) is 3.78. The van der Waals surface area contributed by atoms with Crippen LogP contribution in [0.4, 0.5) is 18.9 Å². The number of benzene rings is 2. The summed E-state index contributed by atoms with van der Waals surface area (Å²) < 4.78 is 39.6. The molecule has 1 amide bonds. The van der Waals surface area contributed by atoms with Crippen molar-refractivity contribution in [3.8, 4) is 0 Å². The lowest BCUT2D eigenvalue weighted by Crippen LogP contribution is -2.40. The highest BCUT2D eigenvalue weighted by molar-refractivity contribution is 7.98. The molecule has 2 aliphatic rings. The standard InChI is InChI=1S/C23H20F3NO2S/c1-30-17-10-8-14(9-11-17)18-13-21(29)27(19-6-3-7-20(28)22(18)19)16-5-2-4-15(12-16)23(24,25)26/h2,4-5,8-12,18H,3,6-7,13H2,1H3. The molecule has 0 spiro atoms. The maximum atomic E-state index is 13.2. The second-order valence-electron chi connectivity index (χ2n) is 7.44. The van der Waals surface area contributed by atoms with Crippen molar-refractivity contribution in [1.82, 2.24) is 0 Å². The number of amides is 1. The van der Waals surface area contributed by atoms with Crippen LogP contribution >= 0.6 is 11.8 Å². The molecule has 0 aromatic heterocycles. The summed E-state index contributed by atoms with van der Waals surface area (Å²) in [5, 5.41) is 0. The number of alkyl halides is 3. The summed E-state index contributed by atoms with van der Waals surface area (Å²) >= 11 is 1.60. The molecule has 1 unspecified atom stereocenters. The molecule has 1 heterocycles. The number of thioether (sulfide) groups is 1. The molecule has 4 rings (SSSR count).